The smallest absolute Gasteiger partial charge is 0.253 e. The number of anilines is 1. The molecule has 41 heavy (non-hydrogen) atoms. The van der Waals surface area contributed by atoms with Crippen LogP contribution in [0.4, 0.5) is 5.69 Å². The van der Waals surface area contributed by atoms with Gasteiger partial charge in [-0.15, -0.1) is 0 Å². The van der Waals surface area contributed by atoms with E-state index >= 15 is 0 Å². The van der Waals surface area contributed by atoms with Gasteiger partial charge in [0.2, 0.25) is 5.91 Å². The first kappa shape index (κ1) is 29.8. The molecular weight excluding hydrogens is 514 g/mol. The van der Waals surface area contributed by atoms with Crippen molar-refractivity contribution in [2.24, 2.45) is 5.92 Å². The number of hydrogen-bond donors (Lipinski definition) is 2. The fraction of sp³-hybridized carbons (Fsp3) is 0.647. The molecular formula is C34H49N3O4. The van der Waals surface area contributed by atoms with Gasteiger partial charge in [0.15, 0.2) is 0 Å². The third kappa shape index (κ3) is 5.60. The lowest BCUT2D eigenvalue weighted by Crippen LogP contribution is -2.46. The molecule has 2 N–H and O–H groups in total. The zero-order valence-electron chi connectivity index (χ0n) is 26.2. The van der Waals surface area contributed by atoms with Gasteiger partial charge in [-0.1, -0.05) is 40.0 Å². The monoisotopic (exact) mass is 563 g/mol. The minimum absolute atomic E-state index is 0.107. The third-order valence-electron chi connectivity index (χ3n) is 9.84. The Morgan fingerprint density at radius 1 is 1.10 bits per heavy atom. The second kappa shape index (κ2) is 10.9. The number of aromatic nitrogens is 1. The lowest BCUT2D eigenvalue weighted by molar-refractivity contribution is -0.121. The summed E-state index contributed by atoms with van der Waals surface area (Å²) in [4.78, 5) is 28.8. The molecule has 7 heteroatoms. The first-order chi connectivity index (χ1) is 19.2. The van der Waals surface area contributed by atoms with Crippen molar-refractivity contribution in [3.05, 3.63) is 40.6 Å². The largest absolute Gasteiger partial charge is 0.388 e. The first-order valence-electron chi connectivity index (χ1n) is 15.5. The van der Waals surface area contributed by atoms with Crippen LogP contribution in [0.15, 0.2) is 18.2 Å². The molecule has 1 aromatic carbocycles. The third-order valence-corrected chi connectivity index (χ3v) is 9.84. The van der Waals surface area contributed by atoms with Crippen molar-refractivity contribution in [2.45, 2.75) is 109 Å². The number of aliphatic hydroxyl groups is 1. The Hall–Kier alpha value is -2.64. The summed E-state index contributed by atoms with van der Waals surface area (Å²) in [6.07, 6.45) is 7.26. The van der Waals surface area contributed by atoms with Crippen LogP contribution >= 0.6 is 0 Å². The van der Waals surface area contributed by atoms with Crippen LogP contribution in [-0.4, -0.2) is 53.9 Å². The molecule has 3 heterocycles. The van der Waals surface area contributed by atoms with Crippen LogP contribution in [0.5, 0.6) is 0 Å². The van der Waals surface area contributed by atoms with Gasteiger partial charge in [0.1, 0.15) is 0 Å². The summed E-state index contributed by atoms with van der Waals surface area (Å²) in [6, 6.07) is 6.45. The van der Waals surface area contributed by atoms with Crippen molar-refractivity contribution in [1.29, 1.82) is 0 Å². The van der Waals surface area contributed by atoms with Crippen molar-refractivity contribution in [3.8, 4) is 11.3 Å². The molecule has 224 valence electrons. The van der Waals surface area contributed by atoms with Crippen LogP contribution in [0.3, 0.4) is 0 Å². The quantitative estimate of drug-likeness (QED) is 0.461. The van der Waals surface area contributed by atoms with Crippen LogP contribution in [0.25, 0.3) is 11.3 Å². The molecule has 1 saturated heterocycles. The van der Waals surface area contributed by atoms with Gasteiger partial charge in [0, 0.05) is 57.6 Å². The topological polar surface area (TPSA) is 83.8 Å². The fourth-order valence-corrected chi connectivity index (χ4v) is 7.07. The van der Waals surface area contributed by atoms with Crippen molar-refractivity contribution in [2.75, 3.05) is 31.7 Å². The summed E-state index contributed by atoms with van der Waals surface area (Å²) in [5.74, 6) is 0.529. The number of nitrogens with one attached hydrogen (secondary N) is 1. The van der Waals surface area contributed by atoms with E-state index in [1.807, 2.05) is 38.8 Å². The first-order valence-corrected chi connectivity index (χ1v) is 15.5. The van der Waals surface area contributed by atoms with Crippen molar-refractivity contribution < 1.29 is 19.4 Å². The average Bonchev–Trinajstić information content (AvgIpc) is 3.34. The number of carbonyl (C=O) groups excluding carboxylic acids is 2. The molecule has 3 aliphatic rings. The minimum atomic E-state index is -0.930. The van der Waals surface area contributed by atoms with Gasteiger partial charge in [-0.3, -0.25) is 9.59 Å². The second-order valence-corrected chi connectivity index (χ2v) is 14.3. The number of ether oxygens (including phenoxy) is 1. The molecule has 2 aliphatic heterocycles. The van der Waals surface area contributed by atoms with E-state index in [1.165, 1.54) is 32.1 Å². The number of fused-ring (bicyclic) bond motifs is 1. The number of benzene rings is 1. The van der Waals surface area contributed by atoms with Gasteiger partial charge in [-0.05, 0) is 79.8 Å². The highest BCUT2D eigenvalue weighted by atomic mass is 16.5. The van der Waals surface area contributed by atoms with Gasteiger partial charge < -0.3 is 24.6 Å². The molecule has 2 amide bonds. The van der Waals surface area contributed by atoms with Gasteiger partial charge >= 0.3 is 0 Å². The maximum absolute atomic E-state index is 13.6. The summed E-state index contributed by atoms with van der Waals surface area (Å²) in [5, 5.41) is 14.0. The highest BCUT2D eigenvalue weighted by Gasteiger charge is 2.45. The Morgan fingerprint density at radius 2 is 1.76 bits per heavy atom. The number of amides is 2. The van der Waals surface area contributed by atoms with Crippen molar-refractivity contribution in [1.82, 2.24) is 9.88 Å². The van der Waals surface area contributed by atoms with E-state index < -0.39 is 11.0 Å². The molecule has 0 spiro atoms. The molecule has 7 nitrogen and oxygen atoms in total. The molecule has 0 unspecified atom stereocenters. The predicted octanol–water partition coefficient (Wildman–Crippen LogP) is 5.87. The number of hydrogen-bond acceptors (Lipinski definition) is 4. The van der Waals surface area contributed by atoms with E-state index in [0.717, 1.165) is 40.3 Å². The molecule has 1 saturated carbocycles. The standard InChI is InChI=1S/C34H49N3O4/c1-22-25(30(38)35-21-34(40)13-15-41-16-14-34)19-28(37(22)20-23-11-9-8-10-12-23)24-17-26(32(2,3)4)29-27(18-24)33(5,6)31(39)36(29)7/h17-19,23,40H,8-16,20-21H2,1-7H3,(H,35,38). The maximum atomic E-state index is 13.6. The van der Waals surface area contributed by atoms with E-state index in [4.69, 9.17) is 4.74 Å². The number of carbonyl (C=O) groups is 2. The number of rotatable bonds is 6. The average molecular weight is 564 g/mol. The number of nitrogens with zero attached hydrogens (tertiary/aromatic N) is 2. The van der Waals surface area contributed by atoms with E-state index in [9.17, 15) is 14.7 Å². The molecule has 2 fully saturated rings. The van der Waals surface area contributed by atoms with Crippen molar-refractivity contribution >= 4 is 17.5 Å². The Morgan fingerprint density at radius 3 is 2.39 bits per heavy atom. The predicted molar refractivity (Wildman–Crippen MR) is 164 cm³/mol. The van der Waals surface area contributed by atoms with Crippen LogP contribution in [-0.2, 0) is 26.9 Å². The van der Waals surface area contributed by atoms with Gasteiger partial charge in [0.25, 0.3) is 5.91 Å². The Kier molecular flexibility index (Phi) is 7.92. The minimum Gasteiger partial charge on any atom is -0.388 e. The molecule has 2 aromatic rings. The van der Waals surface area contributed by atoms with E-state index in [1.54, 1.807) is 0 Å². The lowest BCUT2D eigenvalue weighted by atomic mass is 9.79. The maximum Gasteiger partial charge on any atom is 0.253 e. The van der Waals surface area contributed by atoms with Gasteiger partial charge in [-0.25, -0.2) is 0 Å². The molecule has 1 aliphatic carbocycles. The molecule has 0 radical (unpaired) electrons. The highest BCUT2D eigenvalue weighted by molar-refractivity contribution is 6.08. The normalized spacial score (nSPS) is 20.8. The Labute approximate surface area is 245 Å². The summed E-state index contributed by atoms with van der Waals surface area (Å²) < 4.78 is 7.75. The second-order valence-electron chi connectivity index (χ2n) is 14.3. The lowest BCUT2D eigenvalue weighted by Gasteiger charge is -2.32. The van der Waals surface area contributed by atoms with Crippen molar-refractivity contribution in [3.63, 3.8) is 0 Å². The Balaban J connectivity index is 1.59. The highest BCUT2D eigenvalue weighted by Crippen LogP contribution is 2.48. The summed E-state index contributed by atoms with van der Waals surface area (Å²) in [5.41, 5.74) is 5.14. The SMILES string of the molecule is Cc1c(C(=O)NCC2(O)CCOCC2)cc(-c2cc(C(C)(C)C)c3c(c2)C(C)(C)C(=O)N3C)n1CC1CCCCC1. The fourth-order valence-electron chi connectivity index (χ4n) is 7.07. The van der Waals surface area contributed by atoms with E-state index in [0.29, 0.717) is 37.5 Å². The van der Waals surface area contributed by atoms with E-state index in [-0.39, 0.29) is 23.8 Å². The van der Waals surface area contributed by atoms with Crippen LogP contribution in [0.2, 0.25) is 0 Å². The summed E-state index contributed by atoms with van der Waals surface area (Å²) >= 11 is 0. The number of likely N-dealkylation sites (N-methyl/N-ethyl adjacent to an activating group) is 1. The zero-order chi connectivity index (χ0) is 29.7. The van der Waals surface area contributed by atoms with Gasteiger partial charge in [-0.2, -0.15) is 0 Å². The zero-order valence-corrected chi connectivity index (χ0v) is 26.2. The summed E-state index contributed by atoms with van der Waals surface area (Å²) in [7, 11) is 1.88. The van der Waals surface area contributed by atoms with Gasteiger partial charge in [0.05, 0.1) is 22.3 Å². The molecule has 0 bridgehead atoms. The van der Waals surface area contributed by atoms with E-state index in [2.05, 4.69) is 42.8 Å². The van der Waals surface area contributed by atoms with Crippen LogP contribution in [0, 0.1) is 12.8 Å². The summed E-state index contributed by atoms with van der Waals surface area (Å²) in [6.45, 7) is 14.8. The van der Waals surface area contributed by atoms with Crippen LogP contribution in [0.1, 0.15) is 107 Å². The molecule has 0 atom stereocenters. The molecule has 1 aromatic heterocycles. The molecule has 5 rings (SSSR count). The van der Waals surface area contributed by atoms with Crippen LogP contribution < -0.4 is 10.2 Å². The Bertz CT molecular complexity index is 1320.